The maximum absolute atomic E-state index is 12.3. The van der Waals surface area contributed by atoms with Crippen LogP contribution >= 0.6 is 0 Å². The second-order valence-corrected chi connectivity index (χ2v) is 6.53. The summed E-state index contributed by atoms with van der Waals surface area (Å²) in [5.74, 6) is -0.970. The number of esters is 2. The molecular formula is C18H24O5. The largest absolute Gasteiger partial charge is 0.471 e. The Balaban J connectivity index is 1.61. The van der Waals surface area contributed by atoms with Crippen LogP contribution in [0.5, 0.6) is 0 Å². The van der Waals surface area contributed by atoms with Crippen LogP contribution in [0.3, 0.4) is 0 Å². The summed E-state index contributed by atoms with van der Waals surface area (Å²) in [4.78, 5) is 24.6. The molecule has 1 heterocycles. The van der Waals surface area contributed by atoms with E-state index in [0.717, 1.165) is 51.4 Å². The molecule has 0 spiro atoms. The summed E-state index contributed by atoms with van der Waals surface area (Å²) in [6, 6.07) is 0. The monoisotopic (exact) mass is 320 g/mol. The first-order valence-corrected chi connectivity index (χ1v) is 8.72. The van der Waals surface area contributed by atoms with E-state index in [1.54, 1.807) is 0 Å². The first kappa shape index (κ1) is 16.1. The molecule has 2 aliphatic rings. The summed E-state index contributed by atoms with van der Waals surface area (Å²) in [6.45, 7) is 0. The van der Waals surface area contributed by atoms with Crippen molar-refractivity contribution >= 4 is 11.9 Å². The van der Waals surface area contributed by atoms with Gasteiger partial charge >= 0.3 is 11.9 Å². The molecule has 126 valence electrons. The van der Waals surface area contributed by atoms with Crippen molar-refractivity contribution in [3.63, 3.8) is 0 Å². The highest BCUT2D eigenvalue weighted by molar-refractivity contribution is 6.02. The van der Waals surface area contributed by atoms with Crippen molar-refractivity contribution in [2.75, 3.05) is 0 Å². The minimum atomic E-state index is -0.485. The van der Waals surface area contributed by atoms with E-state index in [9.17, 15) is 9.59 Å². The molecule has 5 nitrogen and oxygen atoms in total. The number of carbonyl (C=O) groups is 2. The molecule has 5 heteroatoms. The van der Waals surface area contributed by atoms with Gasteiger partial charge in [0.1, 0.15) is 35.9 Å². The van der Waals surface area contributed by atoms with Gasteiger partial charge in [-0.3, -0.25) is 0 Å². The van der Waals surface area contributed by atoms with Crippen LogP contribution in [0.1, 0.15) is 84.9 Å². The Bertz CT molecular complexity index is 489. The topological polar surface area (TPSA) is 65.7 Å². The van der Waals surface area contributed by atoms with Crippen molar-refractivity contribution < 1.29 is 23.5 Å². The number of hydrogen-bond donors (Lipinski definition) is 0. The number of carbonyl (C=O) groups excluding carboxylic acids is 2. The minimum absolute atomic E-state index is 0.0478. The highest BCUT2D eigenvalue weighted by Crippen LogP contribution is 2.25. The zero-order chi connectivity index (χ0) is 16.1. The van der Waals surface area contributed by atoms with Crippen LogP contribution in [-0.2, 0) is 9.47 Å². The molecule has 0 atom stereocenters. The van der Waals surface area contributed by atoms with Crippen molar-refractivity contribution in [2.24, 2.45) is 0 Å². The molecule has 0 radical (unpaired) electrons. The summed E-state index contributed by atoms with van der Waals surface area (Å²) < 4.78 is 16.1. The third kappa shape index (κ3) is 4.15. The Labute approximate surface area is 136 Å². The van der Waals surface area contributed by atoms with E-state index in [0.29, 0.717) is 0 Å². The van der Waals surface area contributed by atoms with Gasteiger partial charge in [0, 0.05) is 0 Å². The van der Waals surface area contributed by atoms with Gasteiger partial charge in [0.2, 0.25) is 0 Å². The molecule has 0 unspecified atom stereocenters. The normalized spacial score (nSPS) is 20.2. The first-order valence-electron chi connectivity index (χ1n) is 8.72. The van der Waals surface area contributed by atoms with E-state index in [2.05, 4.69) is 0 Å². The highest BCUT2D eigenvalue weighted by Gasteiger charge is 2.27. The standard InChI is InChI=1S/C18H24O5/c19-17(22-13-7-3-1-4-8-13)15-11-21-12-16(15)18(20)23-14-9-5-2-6-10-14/h11-14H,1-10H2. The van der Waals surface area contributed by atoms with E-state index in [4.69, 9.17) is 13.9 Å². The van der Waals surface area contributed by atoms with Gasteiger partial charge < -0.3 is 13.9 Å². The number of hydrogen-bond acceptors (Lipinski definition) is 5. The second-order valence-electron chi connectivity index (χ2n) is 6.53. The molecule has 0 aliphatic heterocycles. The fraction of sp³-hybridized carbons (Fsp3) is 0.667. The van der Waals surface area contributed by atoms with Gasteiger partial charge in [-0.15, -0.1) is 0 Å². The molecule has 1 aromatic rings. The summed E-state index contributed by atoms with van der Waals surface area (Å²) in [6.07, 6.45) is 12.8. The lowest BCUT2D eigenvalue weighted by molar-refractivity contribution is 0.0165. The zero-order valence-corrected chi connectivity index (χ0v) is 13.4. The van der Waals surface area contributed by atoms with Crippen molar-refractivity contribution in [1.82, 2.24) is 0 Å². The van der Waals surface area contributed by atoms with Crippen LogP contribution < -0.4 is 0 Å². The summed E-state index contributed by atoms with van der Waals surface area (Å²) in [5.41, 5.74) is 0.354. The molecule has 0 N–H and O–H groups in total. The van der Waals surface area contributed by atoms with Crippen LogP contribution in [0.25, 0.3) is 0 Å². The maximum atomic E-state index is 12.3. The first-order chi connectivity index (χ1) is 11.2. The Morgan fingerprint density at radius 3 is 1.52 bits per heavy atom. The molecule has 2 fully saturated rings. The quantitative estimate of drug-likeness (QED) is 0.776. The second kappa shape index (κ2) is 7.66. The average Bonchev–Trinajstić information content (AvgIpc) is 3.06. The molecule has 2 saturated carbocycles. The molecule has 3 rings (SSSR count). The number of furan rings is 1. The Hall–Kier alpha value is -1.78. The van der Waals surface area contributed by atoms with Gasteiger partial charge in [-0.25, -0.2) is 9.59 Å². The van der Waals surface area contributed by atoms with Crippen molar-refractivity contribution in [3.8, 4) is 0 Å². The fourth-order valence-electron chi connectivity index (χ4n) is 3.41. The molecule has 1 aromatic heterocycles. The molecule has 0 bridgehead atoms. The van der Waals surface area contributed by atoms with Crippen molar-refractivity contribution in [1.29, 1.82) is 0 Å². The van der Waals surface area contributed by atoms with Gasteiger partial charge in [-0.05, 0) is 51.4 Å². The SMILES string of the molecule is O=C(OC1CCCCC1)c1cocc1C(=O)OC1CCCCC1. The van der Waals surface area contributed by atoms with Crippen LogP contribution in [0.2, 0.25) is 0 Å². The van der Waals surface area contributed by atoms with E-state index >= 15 is 0 Å². The van der Waals surface area contributed by atoms with Gasteiger partial charge in [0.15, 0.2) is 0 Å². The lowest BCUT2D eigenvalue weighted by Crippen LogP contribution is -2.24. The maximum Gasteiger partial charge on any atom is 0.342 e. The van der Waals surface area contributed by atoms with Gasteiger partial charge in [-0.1, -0.05) is 12.8 Å². The molecule has 2 aliphatic carbocycles. The molecular weight excluding hydrogens is 296 g/mol. The van der Waals surface area contributed by atoms with Crippen LogP contribution in [0.15, 0.2) is 16.9 Å². The summed E-state index contributed by atoms with van der Waals surface area (Å²) >= 11 is 0. The number of ether oxygens (including phenoxy) is 2. The van der Waals surface area contributed by atoms with Crippen LogP contribution in [0, 0.1) is 0 Å². The van der Waals surface area contributed by atoms with Crippen molar-refractivity contribution in [2.45, 2.75) is 76.4 Å². The molecule has 0 aromatic carbocycles. The van der Waals surface area contributed by atoms with E-state index in [1.165, 1.54) is 25.4 Å². The summed E-state index contributed by atoms with van der Waals surface area (Å²) in [5, 5.41) is 0. The number of rotatable bonds is 4. The molecule has 23 heavy (non-hydrogen) atoms. The minimum Gasteiger partial charge on any atom is -0.471 e. The van der Waals surface area contributed by atoms with Gasteiger partial charge in [-0.2, -0.15) is 0 Å². The fourth-order valence-corrected chi connectivity index (χ4v) is 3.41. The van der Waals surface area contributed by atoms with E-state index in [-0.39, 0.29) is 23.3 Å². The predicted molar refractivity (Wildman–Crippen MR) is 83.3 cm³/mol. The highest BCUT2D eigenvalue weighted by atomic mass is 16.6. The Morgan fingerprint density at radius 1 is 0.739 bits per heavy atom. The molecule has 0 amide bonds. The van der Waals surface area contributed by atoms with Gasteiger partial charge in [0.25, 0.3) is 0 Å². The van der Waals surface area contributed by atoms with E-state index < -0.39 is 11.9 Å². The Morgan fingerprint density at radius 2 is 1.13 bits per heavy atom. The average molecular weight is 320 g/mol. The Kier molecular flexibility index (Phi) is 5.36. The van der Waals surface area contributed by atoms with E-state index in [1.807, 2.05) is 0 Å². The molecule has 0 saturated heterocycles. The van der Waals surface area contributed by atoms with Crippen molar-refractivity contribution in [3.05, 3.63) is 23.7 Å². The zero-order valence-electron chi connectivity index (χ0n) is 13.4. The third-order valence-electron chi connectivity index (χ3n) is 4.75. The lowest BCUT2D eigenvalue weighted by Gasteiger charge is -2.22. The lowest BCUT2D eigenvalue weighted by atomic mass is 9.97. The van der Waals surface area contributed by atoms with Gasteiger partial charge in [0.05, 0.1) is 0 Å². The predicted octanol–water partition coefficient (Wildman–Crippen LogP) is 4.26. The van der Waals surface area contributed by atoms with Crippen LogP contribution in [0.4, 0.5) is 0 Å². The third-order valence-corrected chi connectivity index (χ3v) is 4.75. The van der Waals surface area contributed by atoms with Crippen LogP contribution in [-0.4, -0.2) is 24.1 Å². The summed E-state index contributed by atoms with van der Waals surface area (Å²) in [7, 11) is 0. The smallest absolute Gasteiger partial charge is 0.342 e.